The van der Waals surface area contributed by atoms with Gasteiger partial charge >= 0.3 is 5.97 Å². The van der Waals surface area contributed by atoms with Crippen LogP contribution in [0.2, 0.25) is 0 Å². The summed E-state index contributed by atoms with van der Waals surface area (Å²) >= 11 is 0. The first-order chi connectivity index (χ1) is 11.3. The minimum Gasteiger partial charge on any atom is -0.481 e. The smallest absolute Gasteiger partial charge is 0.308 e. The number of carboxylic acid groups (broad SMARTS) is 1. The number of aromatic amines is 1. The summed E-state index contributed by atoms with van der Waals surface area (Å²) in [7, 11) is 1.72. The largest absolute Gasteiger partial charge is 0.481 e. The summed E-state index contributed by atoms with van der Waals surface area (Å²) in [6, 6.07) is 0. The minimum atomic E-state index is -0.864. The van der Waals surface area contributed by atoms with Gasteiger partial charge in [-0.1, -0.05) is 0 Å². The Bertz CT molecular complexity index is 896. The lowest BCUT2D eigenvalue weighted by atomic mass is 10.0. The van der Waals surface area contributed by atoms with Gasteiger partial charge in [0.1, 0.15) is 0 Å². The number of nitrogens with one attached hydrogen (secondary N) is 1. The van der Waals surface area contributed by atoms with Crippen LogP contribution in [0.5, 0.6) is 0 Å². The van der Waals surface area contributed by atoms with Gasteiger partial charge in [0.25, 0.3) is 5.56 Å². The highest BCUT2D eigenvalue weighted by Gasteiger charge is 2.31. The van der Waals surface area contributed by atoms with E-state index in [1.807, 2.05) is 13.8 Å². The van der Waals surface area contributed by atoms with E-state index >= 15 is 0 Å². The molecular weight excluding hydrogens is 312 g/mol. The minimum absolute atomic E-state index is 0.126. The molecule has 1 atom stereocenters. The Morgan fingerprint density at radius 2 is 2.08 bits per heavy atom. The normalized spacial score (nSPS) is 17.6. The van der Waals surface area contributed by atoms with Gasteiger partial charge in [0.2, 0.25) is 5.91 Å². The summed E-state index contributed by atoms with van der Waals surface area (Å²) in [6.45, 7) is 4.33. The monoisotopic (exact) mass is 332 g/mol. The SMILES string of the molecule is Cc1nc2c(c(C)c1CC(=O)N1CCC(C(=O)O)C1)c(=O)[nH]n2C. The molecule has 1 saturated heterocycles. The molecule has 24 heavy (non-hydrogen) atoms. The summed E-state index contributed by atoms with van der Waals surface area (Å²) in [4.78, 5) is 41.7. The first-order valence-corrected chi connectivity index (χ1v) is 7.85. The van der Waals surface area contributed by atoms with Crippen LogP contribution >= 0.6 is 0 Å². The number of aryl methyl sites for hydroxylation is 3. The van der Waals surface area contributed by atoms with E-state index in [2.05, 4.69) is 10.1 Å². The number of likely N-dealkylation sites (tertiary alicyclic amines) is 1. The molecule has 1 fully saturated rings. The molecule has 0 aromatic carbocycles. The van der Waals surface area contributed by atoms with E-state index in [9.17, 15) is 14.4 Å². The molecular formula is C16H20N4O4. The van der Waals surface area contributed by atoms with Crippen LogP contribution in [-0.4, -0.2) is 49.7 Å². The van der Waals surface area contributed by atoms with Crippen LogP contribution in [0.3, 0.4) is 0 Å². The van der Waals surface area contributed by atoms with Crippen molar-refractivity contribution in [3.8, 4) is 0 Å². The number of nitrogens with zero attached hydrogens (tertiary/aromatic N) is 3. The van der Waals surface area contributed by atoms with Gasteiger partial charge in [-0.2, -0.15) is 0 Å². The van der Waals surface area contributed by atoms with Crippen molar-refractivity contribution in [2.75, 3.05) is 13.1 Å². The Balaban J connectivity index is 1.90. The zero-order chi connectivity index (χ0) is 17.6. The van der Waals surface area contributed by atoms with Gasteiger partial charge in [-0.15, -0.1) is 0 Å². The van der Waals surface area contributed by atoms with Crippen molar-refractivity contribution in [2.24, 2.45) is 13.0 Å². The van der Waals surface area contributed by atoms with Crippen molar-refractivity contribution in [2.45, 2.75) is 26.7 Å². The van der Waals surface area contributed by atoms with Gasteiger partial charge in [-0.25, -0.2) is 4.98 Å². The van der Waals surface area contributed by atoms with Crippen molar-refractivity contribution in [1.82, 2.24) is 19.7 Å². The molecule has 8 nitrogen and oxygen atoms in total. The number of fused-ring (bicyclic) bond motifs is 1. The number of carboxylic acids is 1. The summed E-state index contributed by atoms with van der Waals surface area (Å²) < 4.78 is 1.57. The van der Waals surface area contributed by atoms with Crippen molar-refractivity contribution in [3.63, 3.8) is 0 Å². The van der Waals surface area contributed by atoms with Crippen LogP contribution in [0.4, 0.5) is 0 Å². The number of H-pyrrole nitrogens is 1. The second-order valence-electron chi connectivity index (χ2n) is 6.34. The lowest BCUT2D eigenvalue weighted by Gasteiger charge is -2.17. The Morgan fingerprint density at radius 1 is 1.38 bits per heavy atom. The Hall–Kier alpha value is -2.64. The highest BCUT2D eigenvalue weighted by molar-refractivity contribution is 5.85. The van der Waals surface area contributed by atoms with Gasteiger partial charge in [0.05, 0.1) is 17.7 Å². The van der Waals surface area contributed by atoms with Crippen LogP contribution in [0.1, 0.15) is 23.2 Å². The zero-order valence-electron chi connectivity index (χ0n) is 13.9. The molecule has 128 valence electrons. The summed E-state index contributed by atoms with van der Waals surface area (Å²) in [5.74, 6) is -1.48. The fourth-order valence-electron chi connectivity index (χ4n) is 3.36. The maximum atomic E-state index is 12.5. The van der Waals surface area contributed by atoms with E-state index in [1.54, 1.807) is 16.6 Å². The van der Waals surface area contributed by atoms with Gasteiger partial charge in [-0.3, -0.25) is 24.2 Å². The quantitative estimate of drug-likeness (QED) is 0.843. The first kappa shape index (κ1) is 16.2. The van der Waals surface area contributed by atoms with Gasteiger partial charge < -0.3 is 10.0 Å². The van der Waals surface area contributed by atoms with Crippen LogP contribution in [0.15, 0.2) is 4.79 Å². The molecule has 0 bridgehead atoms. The average molecular weight is 332 g/mol. The highest BCUT2D eigenvalue weighted by Crippen LogP contribution is 2.23. The molecule has 0 radical (unpaired) electrons. The second-order valence-corrected chi connectivity index (χ2v) is 6.34. The molecule has 3 heterocycles. The fourth-order valence-corrected chi connectivity index (χ4v) is 3.36. The Kier molecular flexibility index (Phi) is 3.90. The number of carbonyl (C=O) groups is 2. The predicted molar refractivity (Wildman–Crippen MR) is 86.8 cm³/mol. The number of hydrogen-bond acceptors (Lipinski definition) is 4. The molecule has 0 saturated carbocycles. The van der Waals surface area contributed by atoms with Crippen molar-refractivity contribution >= 4 is 22.9 Å². The van der Waals surface area contributed by atoms with Crippen LogP contribution in [0.25, 0.3) is 11.0 Å². The van der Waals surface area contributed by atoms with E-state index in [0.29, 0.717) is 29.7 Å². The molecule has 1 aliphatic rings. The second kappa shape index (κ2) is 5.77. The molecule has 1 amide bonds. The van der Waals surface area contributed by atoms with Crippen molar-refractivity contribution in [3.05, 3.63) is 27.2 Å². The third-order valence-electron chi connectivity index (χ3n) is 4.79. The number of rotatable bonds is 3. The average Bonchev–Trinajstić information content (AvgIpc) is 3.09. The predicted octanol–water partition coefficient (Wildman–Crippen LogP) is 0.354. The molecule has 0 spiro atoms. The van der Waals surface area contributed by atoms with Crippen LogP contribution in [-0.2, 0) is 23.1 Å². The van der Waals surface area contributed by atoms with E-state index < -0.39 is 11.9 Å². The molecule has 2 N–H and O–H groups in total. The molecule has 2 aromatic rings. The fraction of sp³-hybridized carbons (Fsp3) is 0.500. The lowest BCUT2D eigenvalue weighted by molar-refractivity contribution is -0.141. The number of hydrogen-bond donors (Lipinski definition) is 2. The summed E-state index contributed by atoms with van der Waals surface area (Å²) in [6.07, 6.45) is 0.607. The molecule has 1 unspecified atom stereocenters. The van der Waals surface area contributed by atoms with E-state index in [-0.39, 0.29) is 24.4 Å². The Labute approximate surface area is 138 Å². The maximum absolute atomic E-state index is 12.5. The van der Waals surface area contributed by atoms with Crippen molar-refractivity contribution in [1.29, 1.82) is 0 Å². The third-order valence-corrected chi connectivity index (χ3v) is 4.79. The first-order valence-electron chi connectivity index (χ1n) is 7.85. The van der Waals surface area contributed by atoms with Gasteiger partial charge in [-0.05, 0) is 31.4 Å². The number of aliphatic carboxylic acids is 1. The molecule has 3 rings (SSSR count). The van der Waals surface area contributed by atoms with Gasteiger partial charge in [0, 0.05) is 25.8 Å². The lowest BCUT2D eigenvalue weighted by Crippen LogP contribution is -2.31. The summed E-state index contributed by atoms with van der Waals surface area (Å²) in [5.41, 5.74) is 2.54. The molecule has 0 aliphatic carbocycles. The van der Waals surface area contributed by atoms with Gasteiger partial charge in [0.15, 0.2) is 5.65 Å². The number of amides is 1. The third kappa shape index (κ3) is 2.57. The van der Waals surface area contributed by atoms with Crippen LogP contribution < -0.4 is 5.56 Å². The molecule has 8 heteroatoms. The number of carbonyl (C=O) groups excluding carboxylic acids is 1. The van der Waals surface area contributed by atoms with Crippen LogP contribution in [0, 0.1) is 19.8 Å². The van der Waals surface area contributed by atoms with E-state index in [0.717, 1.165) is 11.1 Å². The number of pyridine rings is 1. The molecule has 1 aliphatic heterocycles. The number of aromatic nitrogens is 3. The summed E-state index contributed by atoms with van der Waals surface area (Å²) in [5, 5.41) is 12.2. The zero-order valence-corrected chi connectivity index (χ0v) is 13.9. The standard InChI is InChI=1S/C16H20N4O4/c1-8-11(6-12(21)20-5-4-10(7-20)16(23)24)9(2)17-14-13(8)15(22)18-19(14)3/h10H,4-7H2,1-3H3,(H,18,22)(H,23,24). The molecule has 2 aromatic heterocycles. The van der Waals surface area contributed by atoms with Crippen molar-refractivity contribution < 1.29 is 14.7 Å². The Morgan fingerprint density at radius 3 is 2.71 bits per heavy atom. The maximum Gasteiger partial charge on any atom is 0.308 e. The highest BCUT2D eigenvalue weighted by atomic mass is 16.4. The van der Waals surface area contributed by atoms with E-state index in [1.165, 1.54) is 0 Å². The topological polar surface area (TPSA) is 108 Å². The van der Waals surface area contributed by atoms with E-state index in [4.69, 9.17) is 5.11 Å².